The van der Waals surface area contributed by atoms with E-state index in [1.165, 1.54) is 0 Å². The fourth-order valence-corrected chi connectivity index (χ4v) is 1.71. The molecule has 1 aromatic carbocycles. The Morgan fingerprint density at radius 2 is 2.11 bits per heavy atom. The monoisotopic (exact) mass is 270 g/mol. The Labute approximate surface area is 105 Å². The van der Waals surface area contributed by atoms with E-state index in [0.29, 0.717) is 15.2 Å². The molecular weight excluding hydrogens is 263 g/mol. The molecule has 2 N–H and O–H groups in total. The summed E-state index contributed by atoms with van der Waals surface area (Å²) in [5.74, 6) is -2.39. The maximum Gasteiger partial charge on any atom is 0.331 e. The maximum absolute atomic E-state index is 13.2. The summed E-state index contributed by atoms with van der Waals surface area (Å²) in [6, 6.07) is 6.51. The van der Waals surface area contributed by atoms with E-state index >= 15 is 0 Å². The Morgan fingerprint density at radius 1 is 1.39 bits per heavy atom. The lowest BCUT2D eigenvalue weighted by atomic mass is 10.2. The number of hydrogen-bond donors (Lipinski definition) is 2. The fraction of sp³-hybridized carbons (Fsp3) is 0.0909. The largest absolute Gasteiger partial charge is 0.492 e. The van der Waals surface area contributed by atoms with Crippen molar-refractivity contribution in [2.24, 2.45) is 0 Å². The van der Waals surface area contributed by atoms with Crippen LogP contribution < -0.4 is 11.2 Å². The molecule has 0 radical (unpaired) electrons. The van der Waals surface area contributed by atoms with Crippen molar-refractivity contribution in [2.75, 3.05) is 0 Å². The average Bonchev–Trinajstić information content (AvgIpc) is 2.32. The number of aromatic nitrogens is 2. The van der Waals surface area contributed by atoms with Crippen LogP contribution in [0.3, 0.4) is 0 Å². The first-order chi connectivity index (χ1) is 8.49. The second-order valence-corrected chi connectivity index (χ2v) is 4.05. The normalized spacial score (nSPS) is 10.6. The van der Waals surface area contributed by atoms with Gasteiger partial charge < -0.3 is 5.11 Å². The second-order valence-electron chi connectivity index (χ2n) is 3.61. The highest BCUT2D eigenvalue weighted by Gasteiger charge is 2.13. The molecule has 0 atom stereocenters. The zero-order valence-corrected chi connectivity index (χ0v) is 9.74. The second kappa shape index (κ2) is 4.66. The van der Waals surface area contributed by atoms with E-state index in [4.69, 9.17) is 11.6 Å². The van der Waals surface area contributed by atoms with Crippen LogP contribution in [-0.4, -0.2) is 14.7 Å². The Bertz CT molecular complexity index is 708. The molecule has 0 saturated heterocycles. The molecule has 0 aliphatic carbocycles. The van der Waals surface area contributed by atoms with Gasteiger partial charge in [0.2, 0.25) is 11.7 Å². The van der Waals surface area contributed by atoms with Gasteiger partial charge in [-0.1, -0.05) is 23.7 Å². The molecule has 2 aromatic rings. The molecule has 0 amide bonds. The molecule has 0 aliphatic heterocycles. The van der Waals surface area contributed by atoms with Crippen molar-refractivity contribution >= 4 is 11.6 Å². The standard InChI is InChI=1S/C11H8ClFN2O3/c12-7-3-1-2-6(4-7)5-15-10(17)8(13)9(16)14-11(15)18/h1-4,17H,5H2,(H,14,16,18). The summed E-state index contributed by atoms with van der Waals surface area (Å²) in [4.78, 5) is 24.1. The van der Waals surface area contributed by atoms with Crippen molar-refractivity contribution in [2.45, 2.75) is 6.54 Å². The van der Waals surface area contributed by atoms with Gasteiger partial charge in [0.1, 0.15) is 0 Å². The van der Waals surface area contributed by atoms with E-state index in [0.717, 1.165) is 0 Å². The quantitative estimate of drug-likeness (QED) is 0.857. The van der Waals surface area contributed by atoms with Crippen molar-refractivity contribution < 1.29 is 9.50 Å². The number of benzene rings is 1. The minimum absolute atomic E-state index is 0.0983. The van der Waals surface area contributed by atoms with Gasteiger partial charge in [0.05, 0.1) is 6.54 Å². The van der Waals surface area contributed by atoms with E-state index in [2.05, 4.69) is 0 Å². The number of rotatable bonds is 2. The predicted molar refractivity (Wildman–Crippen MR) is 63.5 cm³/mol. The third-order valence-corrected chi connectivity index (χ3v) is 2.58. The average molecular weight is 271 g/mol. The zero-order chi connectivity index (χ0) is 13.3. The van der Waals surface area contributed by atoms with Gasteiger partial charge in [0.25, 0.3) is 5.56 Å². The number of aromatic amines is 1. The first-order valence-electron chi connectivity index (χ1n) is 4.95. The first-order valence-corrected chi connectivity index (χ1v) is 5.33. The van der Waals surface area contributed by atoms with Crippen LogP contribution in [0.2, 0.25) is 5.02 Å². The van der Waals surface area contributed by atoms with Gasteiger partial charge in [0, 0.05) is 5.02 Å². The van der Waals surface area contributed by atoms with Crippen molar-refractivity contribution in [3.8, 4) is 5.88 Å². The fourth-order valence-electron chi connectivity index (χ4n) is 1.50. The van der Waals surface area contributed by atoms with Crippen molar-refractivity contribution in [1.29, 1.82) is 0 Å². The van der Waals surface area contributed by atoms with Crippen LogP contribution in [0.5, 0.6) is 5.88 Å². The summed E-state index contributed by atoms with van der Waals surface area (Å²) >= 11 is 5.77. The van der Waals surface area contributed by atoms with Crippen LogP contribution in [0.25, 0.3) is 0 Å². The Morgan fingerprint density at radius 3 is 2.78 bits per heavy atom. The Hall–Kier alpha value is -2.08. The smallest absolute Gasteiger partial charge is 0.331 e. The summed E-state index contributed by atoms with van der Waals surface area (Å²) in [5, 5.41) is 9.87. The number of nitrogens with zero attached hydrogens (tertiary/aromatic N) is 1. The van der Waals surface area contributed by atoms with E-state index in [1.807, 2.05) is 0 Å². The molecule has 0 aliphatic rings. The van der Waals surface area contributed by atoms with Crippen LogP contribution in [0.15, 0.2) is 33.9 Å². The molecular formula is C11H8ClFN2O3. The molecule has 94 valence electrons. The Kier molecular flexibility index (Phi) is 3.20. The first kappa shape index (κ1) is 12.4. The van der Waals surface area contributed by atoms with Crippen molar-refractivity contribution in [3.05, 3.63) is 61.5 Å². The molecule has 1 aromatic heterocycles. The van der Waals surface area contributed by atoms with Crippen LogP contribution >= 0.6 is 11.6 Å². The highest BCUT2D eigenvalue weighted by molar-refractivity contribution is 6.30. The molecule has 0 fully saturated rings. The highest BCUT2D eigenvalue weighted by Crippen LogP contribution is 2.14. The summed E-state index contributed by atoms with van der Waals surface area (Å²) < 4.78 is 13.9. The minimum Gasteiger partial charge on any atom is -0.492 e. The lowest BCUT2D eigenvalue weighted by Gasteiger charge is -2.08. The van der Waals surface area contributed by atoms with Gasteiger partial charge in [-0.2, -0.15) is 4.39 Å². The van der Waals surface area contributed by atoms with Gasteiger partial charge in [-0.15, -0.1) is 0 Å². The molecule has 0 bridgehead atoms. The van der Waals surface area contributed by atoms with Crippen LogP contribution in [0, 0.1) is 5.82 Å². The molecule has 2 rings (SSSR count). The lowest BCUT2D eigenvalue weighted by molar-refractivity contribution is 0.367. The van der Waals surface area contributed by atoms with Crippen LogP contribution in [0.1, 0.15) is 5.56 Å². The van der Waals surface area contributed by atoms with E-state index < -0.39 is 22.9 Å². The van der Waals surface area contributed by atoms with E-state index in [1.54, 1.807) is 29.2 Å². The minimum atomic E-state index is -1.39. The SMILES string of the molecule is O=c1[nH]c(=O)n(Cc2cccc(Cl)c2)c(O)c1F. The Balaban J connectivity index is 2.50. The van der Waals surface area contributed by atoms with Crippen molar-refractivity contribution in [3.63, 3.8) is 0 Å². The summed E-state index contributed by atoms with van der Waals surface area (Å²) in [6.45, 7) is -0.0983. The van der Waals surface area contributed by atoms with E-state index in [-0.39, 0.29) is 6.54 Å². The molecule has 1 heterocycles. The van der Waals surface area contributed by atoms with Crippen LogP contribution in [0.4, 0.5) is 4.39 Å². The summed E-state index contributed by atoms with van der Waals surface area (Å²) in [5.41, 5.74) is -1.55. The molecule has 0 saturated carbocycles. The molecule has 0 spiro atoms. The van der Waals surface area contributed by atoms with Gasteiger partial charge in [-0.3, -0.25) is 14.3 Å². The molecule has 18 heavy (non-hydrogen) atoms. The van der Waals surface area contributed by atoms with E-state index in [9.17, 15) is 19.1 Å². The zero-order valence-electron chi connectivity index (χ0n) is 8.98. The van der Waals surface area contributed by atoms with Gasteiger partial charge in [0.15, 0.2) is 0 Å². The number of nitrogens with one attached hydrogen (secondary N) is 1. The highest BCUT2D eigenvalue weighted by atomic mass is 35.5. The topological polar surface area (TPSA) is 75.1 Å². The van der Waals surface area contributed by atoms with Crippen LogP contribution in [-0.2, 0) is 6.54 Å². The number of hydrogen-bond acceptors (Lipinski definition) is 3. The third-order valence-electron chi connectivity index (χ3n) is 2.35. The lowest BCUT2D eigenvalue weighted by Crippen LogP contribution is -2.32. The summed E-state index contributed by atoms with van der Waals surface area (Å²) in [6.07, 6.45) is 0. The summed E-state index contributed by atoms with van der Waals surface area (Å²) in [7, 11) is 0. The van der Waals surface area contributed by atoms with Gasteiger partial charge >= 0.3 is 5.69 Å². The third kappa shape index (κ3) is 2.28. The predicted octanol–water partition coefficient (Wildman–Crippen LogP) is 1.08. The molecule has 5 nitrogen and oxygen atoms in total. The number of halogens is 2. The molecule has 7 heteroatoms. The van der Waals surface area contributed by atoms with Gasteiger partial charge in [-0.25, -0.2) is 4.79 Å². The van der Waals surface area contributed by atoms with Gasteiger partial charge in [-0.05, 0) is 17.7 Å². The number of aromatic hydroxyl groups is 1. The number of H-pyrrole nitrogens is 1. The molecule has 0 unspecified atom stereocenters. The van der Waals surface area contributed by atoms with Crippen molar-refractivity contribution in [1.82, 2.24) is 9.55 Å². The maximum atomic E-state index is 13.2.